The second-order valence-corrected chi connectivity index (χ2v) is 9.89. The van der Waals surface area contributed by atoms with Crippen molar-refractivity contribution < 1.29 is 22.7 Å². The van der Waals surface area contributed by atoms with Gasteiger partial charge in [-0.3, -0.25) is 13.9 Å². The Balaban J connectivity index is 2.39. The molecule has 1 atom stereocenters. The topological polar surface area (TPSA) is 96.0 Å². The molecule has 1 N–H and O–H groups in total. The maximum atomic E-state index is 13.4. The molecule has 0 aliphatic rings. The Morgan fingerprint density at radius 1 is 1.06 bits per heavy atom. The van der Waals surface area contributed by atoms with Gasteiger partial charge in [0.1, 0.15) is 18.3 Å². The number of aryl methyl sites for hydroxylation is 2. The van der Waals surface area contributed by atoms with Gasteiger partial charge in [0.2, 0.25) is 21.8 Å². The molecule has 0 aromatic heterocycles. The van der Waals surface area contributed by atoms with Crippen molar-refractivity contribution in [1.29, 1.82) is 0 Å². The van der Waals surface area contributed by atoms with Crippen LogP contribution in [0.25, 0.3) is 0 Å². The molecule has 2 amide bonds. The van der Waals surface area contributed by atoms with E-state index in [9.17, 15) is 18.0 Å². The molecule has 9 heteroatoms. The number of nitrogens with zero attached hydrogens (tertiary/aromatic N) is 2. The van der Waals surface area contributed by atoms with Crippen LogP contribution in [0.5, 0.6) is 5.75 Å². The zero-order valence-corrected chi connectivity index (χ0v) is 20.9. The fourth-order valence-corrected chi connectivity index (χ4v) is 4.17. The Bertz CT molecular complexity index is 1080. The quantitative estimate of drug-likeness (QED) is 0.570. The SMILES string of the molecule is CCNC(=O)C(C)N(Cc1ccc(OC)cc1)C(=O)CN(c1ccc(C)c(C)c1)S(C)(=O)=O. The summed E-state index contributed by atoms with van der Waals surface area (Å²) in [5.41, 5.74) is 3.13. The first-order valence-electron chi connectivity index (χ1n) is 10.7. The van der Waals surface area contributed by atoms with E-state index in [0.29, 0.717) is 18.0 Å². The van der Waals surface area contributed by atoms with E-state index in [-0.39, 0.29) is 12.5 Å². The van der Waals surface area contributed by atoms with E-state index in [1.54, 1.807) is 57.4 Å². The molecule has 0 aliphatic carbocycles. The Labute approximate surface area is 196 Å². The second kappa shape index (κ2) is 11.2. The van der Waals surface area contributed by atoms with Crippen molar-refractivity contribution in [2.24, 2.45) is 0 Å². The minimum atomic E-state index is -3.75. The second-order valence-electron chi connectivity index (χ2n) is 7.98. The van der Waals surface area contributed by atoms with Crippen LogP contribution in [0.4, 0.5) is 5.69 Å². The first-order chi connectivity index (χ1) is 15.5. The lowest BCUT2D eigenvalue weighted by Crippen LogP contribution is -2.51. The van der Waals surface area contributed by atoms with Crippen molar-refractivity contribution in [3.05, 3.63) is 59.2 Å². The van der Waals surface area contributed by atoms with E-state index in [1.807, 2.05) is 19.9 Å². The third-order valence-corrected chi connectivity index (χ3v) is 6.63. The third kappa shape index (κ3) is 6.95. The lowest BCUT2D eigenvalue weighted by molar-refractivity contribution is -0.139. The number of carbonyl (C=O) groups is 2. The highest BCUT2D eigenvalue weighted by molar-refractivity contribution is 7.92. The summed E-state index contributed by atoms with van der Waals surface area (Å²) in [7, 11) is -2.18. The molecule has 0 spiro atoms. The van der Waals surface area contributed by atoms with Crippen molar-refractivity contribution in [3.63, 3.8) is 0 Å². The first kappa shape index (κ1) is 26.2. The fraction of sp³-hybridized carbons (Fsp3) is 0.417. The van der Waals surface area contributed by atoms with Gasteiger partial charge < -0.3 is 15.0 Å². The monoisotopic (exact) mass is 475 g/mol. The van der Waals surface area contributed by atoms with Gasteiger partial charge in [-0.05, 0) is 68.7 Å². The number of amides is 2. The van der Waals surface area contributed by atoms with Crippen LogP contribution in [0.2, 0.25) is 0 Å². The van der Waals surface area contributed by atoms with Gasteiger partial charge in [0.25, 0.3) is 0 Å². The Kier molecular flexibility index (Phi) is 8.87. The minimum absolute atomic E-state index is 0.145. The number of anilines is 1. The Morgan fingerprint density at radius 2 is 1.70 bits per heavy atom. The highest BCUT2D eigenvalue weighted by Crippen LogP contribution is 2.22. The van der Waals surface area contributed by atoms with Gasteiger partial charge in [-0.1, -0.05) is 18.2 Å². The normalized spacial score (nSPS) is 12.1. The number of likely N-dealkylation sites (N-methyl/N-ethyl adjacent to an activating group) is 1. The summed E-state index contributed by atoms with van der Waals surface area (Å²) in [5.74, 6) is -0.115. The van der Waals surface area contributed by atoms with Gasteiger partial charge in [-0.15, -0.1) is 0 Å². The number of nitrogens with one attached hydrogen (secondary N) is 1. The molecule has 180 valence electrons. The van der Waals surface area contributed by atoms with Crippen molar-refractivity contribution >= 4 is 27.5 Å². The number of methoxy groups -OCH3 is 1. The number of rotatable bonds is 10. The van der Waals surface area contributed by atoms with Crippen LogP contribution in [-0.4, -0.2) is 57.6 Å². The highest BCUT2D eigenvalue weighted by atomic mass is 32.2. The molecule has 2 aromatic rings. The predicted molar refractivity (Wildman–Crippen MR) is 130 cm³/mol. The zero-order chi connectivity index (χ0) is 24.8. The number of carbonyl (C=O) groups excluding carboxylic acids is 2. The van der Waals surface area contributed by atoms with Crippen molar-refractivity contribution in [2.75, 3.05) is 30.8 Å². The maximum absolute atomic E-state index is 13.4. The van der Waals surface area contributed by atoms with E-state index in [1.165, 1.54) is 4.90 Å². The molecule has 0 saturated heterocycles. The largest absolute Gasteiger partial charge is 0.497 e. The van der Waals surface area contributed by atoms with Crippen LogP contribution in [0, 0.1) is 13.8 Å². The van der Waals surface area contributed by atoms with Gasteiger partial charge in [-0.2, -0.15) is 0 Å². The van der Waals surface area contributed by atoms with E-state index in [2.05, 4.69) is 5.32 Å². The average Bonchev–Trinajstić information content (AvgIpc) is 2.77. The first-order valence-corrected chi connectivity index (χ1v) is 12.6. The van der Waals surface area contributed by atoms with E-state index in [0.717, 1.165) is 27.3 Å². The molecule has 8 nitrogen and oxygen atoms in total. The predicted octanol–water partition coefficient (Wildman–Crippen LogP) is 2.63. The summed E-state index contributed by atoms with van der Waals surface area (Å²) >= 11 is 0. The smallest absolute Gasteiger partial charge is 0.244 e. The molecule has 0 heterocycles. The lowest BCUT2D eigenvalue weighted by atomic mass is 10.1. The van der Waals surface area contributed by atoms with Gasteiger partial charge in [0, 0.05) is 13.1 Å². The highest BCUT2D eigenvalue weighted by Gasteiger charge is 2.30. The Hall–Kier alpha value is -3.07. The zero-order valence-electron chi connectivity index (χ0n) is 20.1. The summed E-state index contributed by atoms with van der Waals surface area (Å²) in [6.07, 6.45) is 1.07. The fourth-order valence-electron chi connectivity index (χ4n) is 3.33. The molecule has 0 fully saturated rings. The molecular formula is C24H33N3O5S. The van der Waals surface area contributed by atoms with Crippen molar-refractivity contribution in [2.45, 2.75) is 40.3 Å². The summed E-state index contributed by atoms with van der Waals surface area (Å²) in [6.45, 7) is 7.39. The van der Waals surface area contributed by atoms with Gasteiger partial charge in [0.05, 0.1) is 19.1 Å². The van der Waals surface area contributed by atoms with E-state index in [4.69, 9.17) is 4.74 Å². The number of benzene rings is 2. The maximum Gasteiger partial charge on any atom is 0.244 e. The molecular weight excluding hydrogens is 442 g/mol. The van der Waals surface area contributed by atoms with Crippen molar-refractivity contribution in [3.8, 4) is 5.75 Å². The van der Waals surface area contributed by atoms with Crippen LogP contribution < -0.4 is 14.4 Å². The standard InChI is InChI=1S/C24H33N3O5S/c1-7-25-24(29)19(4)26(15-20-9-12-22(32-5)13-10-20)23(28)16-27(33(6,30)31)21-11-8-17(2)18(3)14-21/h8-14,19H,7,15-16H2,1-6H3,(H,25,29). The van der Waals surface area contributed by atoms with Crippen molar-refractivity contribution in [1.82, 2.24) is 10.2 Å². The van der Waals surface area contributed by atoms with Crippen LogP contribution in [0.15, 0.2) is 42.5 Å². The number of hydrogen-bond acceptors (Lipinski definition) is 5. The summed E-state index contributed by atoms with van der Waals surface area (Å²) < 4.78 is 31.4. The van der Waals surface area contributed by atoms with Gasteiger partial charge >= 0.3 is 0 Å². The number of ether oxygens (including phenoxy) is 1. The molecule has 2 aromatic carbocycles. The summed E-state index contributed by atoms with van der Waals surface area (Å²) in [6, 6.07) is 11.6. The molecule has 0 bridgehead atoms. The molecule has 33 heavy (non-hydrogen) atoms. The van der Waals surface area contributed by atoms with Crippen LogP contribution in [-0.2, 0) is 26.2 Å². The number of sulfonamides is 1. The molecule has 0 aliphatic heterocycles. The Morgan fingerprint density at radius 3 is 2.21 bits per heavy atom. The van der Waals surface area contributed by atoms with E-state index >= 15 is 0 Å². The van der Waals surface area contributed by atoms with E-state index < -0.39 is 28.5 Å². The summed E-state index contributed by atoms with van der Waals surface area (Å²) in [4.78, 5) is 27.4. The molecule has 1 unspecified atom stereocenters. The van der Waals surface area contributed by atoms with Crippen LogP contribution >= 0.6 is 0 Å². The van der Waals surface area contributed by atoms with Crippen LogP contribution in [0.1, 0.15) is 30.5 Å². The van der Waals surface area contributed by atoms with Gasteiger partial charge in [-0.25, -0.2) is 8.42 Å². The average molecular weight is 476 g/mol. The molecule has 2 rings (SSSR count). The third-order valence-electron chi connectivity index (χ3n) is 5.49. The number of hydrogen-bond donors (Lipinski definition) is 1. The summed E-state index contributed by atoms with van der Waals surface area (Å²) in [5, 5.41) is 2.73. The van der Waals surface area contributed by atoms with Gasteiger partial charge in [0.15, 0.2) is 0 Å². The lowest BCUT2D eigenvalue weighted by Gasteiger charge is -2.31. The minimum Gasteiger partial charge on any atom is -0.497 e. The molecule has 0 saturated carbocycles. The molecule has 0 radical (unpaired) electrons. The van der Waals surface area contributed by atoms with Crippen LogP contribution in [0.3, 0.4) is 0 Å².